The first kappa shape index (κ1) is 12.0. The maximum Gasteiger partial charge on any atom is 0.232 e. The molecule has 0 atom stereocenters. The normalized spacial score (nSPS) is 11.3. The number of amides is 1. The molecule has 0 rings (SSSR count). The van der Waals surface area contributed by atoms with Gasteiger partial charge in [-0.3, -0.25) is 4.79 Å². The minimum absolute atomic E-state index is 0.284. The molecule has 0 saturated heterocycles. The Hall–Kier alpha value is 0.0400. The third-order valence-corrected chi connectivity index (χ3v) is 2.53. The Bertz CT molecular complexity index is 199. The zero-order valence-corrected chi connectivity index (χ0v) is 8.94. The molecule has 0 fully saturated rings. The lowest BCUT2D eigenvalue weighted by Crippen LogP contribution is -2.32. The molecule has 0 bridgehead atoms. The maximum atomic E-state index is 11.2. The molecule has 0 saturated carbocycles. The summed E-state index contributed by atoms with van der Waals surface area (Å²) in [5.41, 5.74) is 0. The molecule has 0 spiro atoms. The summed E-state index contributed by atoms with van der Waals surface area (Å²) in [6.45, 7) is 1.45. The van der Waals surface area contributed by atoms with Crippen LogP contribution in [0.3, 0.4) is 0 Å². The van der Waals surface area contributed by atoms with E-state index in [2.05, 4.69) is 11.8 Å². The standard InChI is InChI=1S/C6H14NO3PS/c1-3-7(4-2)6(8)5-11(9,10)12/h3-5H2,1-2H3,(H2,9,10,12). The molecular weight excluding hydrogens is 197 g/mol. The molecule has 6 heteroatoms. The molecule has 0 aromatic rings. The minimum Gasteiger partial charge on any atom is -0.345 e. The SMILES string of the molecule is CCN(CC)C(=O)CP(O)(O)=S. The molecule has 1 amide bonds. The smallest absolute Gasteiger partial charge is 0.232 e. The molecular formula is C6H14NO3PS. The highest BCUT2D eigenvalue weighted by molar-refractivity contribution is 8.09. The van der Waals surface area contributed by atoms with Crippen molar-refractivity contribution in [1.82, 2.24) is 4.90 Å². The first-order valence-corrected chi connectivity index (χ1v) is 6.62. The highest BCUT2D eigenvalue weighted by Gasteiger charge is 2.17. The molecule has 0 aliphatic carbocycles. The predicted octanol–water partition coefficient (Wildman–Crippen LogP) is 0.149. The van der Waals surface area contributed by atoms with E-state index in [1.807, 2.05) is 13.8 Å². The van der Waals surface area contributed by atoms with Gasteiger partial charge in [-0.25, -0.2) is 0 Å². The summed E-state index contributed by atoms with van der Waals surface area (Å²) in [4.78, 5) is 30.4. The highest BCUT2D eigenvalue weighted by atomic mass is 32.5. The van der Waals surface area contributed by atoms with Crippen LogP contribution in [0.15, 0.2) is 0 Å². The number of carbonyl (C=O) groups is 1. The van der Waals surface area contributed by atoms with E-state index in [9.17, 15) is 4.79 Å². The Labute approximate surface area is 77.4 Å². The predicted molar refractivity (Wildman–Crippen MR) is 51.5 cm³/mol. The van der Waals surface area contributed by atoms with Gasteiger partial charge < -0.3 is 14.7 Å². The first-order valence-electron chi connectivity index (χ1n) is 3.73. The lowest BCUT2D eigenvalue weighted by atomic mass is 10.5. The zero-order chi connectivity index (χ0) is 9.78. The fourth-order valence-corrected chi connectivity index (χ4v) is 1.74. The maximum absolute atomic E-state index is 11.2. The van der Waals surface area contributed by atoms with E-state index in [0.717, 1.165) is 0 Å². The van der Waals surface area contributed by atoms with Gasteiger partial charge in [0.1, 0.15) is 6.16 Å². The van der Waals surface area contributed by atoms with Crippen LogP contribution in [-0.4, -0.2) is 39.8 Å². The Kier molecular flexibility index (Phi) is 4.94. The molecule has 12 heavy (non-hydrogen) atoms. The van der Waals surface area contributed by atoms with Crippen LogP contribution in [0.2, 0.25) is 0 Å². The van der Waals surface area contributed by atoms with E-state index in [-0.39, 0.29) is 12.1 Å². The van der Waals surface area contributed by atoms with Gasteiger partial charge in [-0.05, 0) is 25.7 Å². The molecule has 0 aliphatic heterocycles. The van der Waals surface area contributed by atoms with E-state index < -0.39 is 6.49 Å². The zero-order valence-electron chi connectivity index (χ0n) is 7.23. The summed E-state index contributed by atoms with van der Waals surface area (Å²) < 4.78 is 0. The second-order valence-corrected chi connectivity index (χ2v) is 5.79. The van der Waals surface area contributed by atoms with E-state index in [0.29, 0.717) is 13.1 Å². The fourth-order valence-electron chi connectivity index (χ4n) is 0.853. The van der Waals surface area contributed by atoms with Crippen molar-refractivity contribution in [3.8, 4) is 0 Å². The molecule has 0 radical (unpaired) electrons. The average molecular weight is 211 g/mol. The Morgan fingerprint density at radius 3 is 2.08 bits per heavy atom. The second-order valence-electron chi connectivity index (χ2n) is 2.39. The van der Waals surface area contributed by atoms with Gasteiger partial charge in [0, 0.05) is 13.1 Å². The monoisotopic (exact) mass is 211 g/mol. The van der Waals surface area contributed by atoms with Crippen LogP contribution < -0.4 is 0 Å². The van der Waals surface area contributed by atoms with Crippen LogP contribution >= 0.6 is 6.49 Å². The lowest BCUT2D eigenvalue weighted by Gasteiger charge is -2.19. The van der Waals surface area contributed by atoms with E-state index in [1.54, 1.807) is 0 Å². The van der Waals surface area contributed by atoms with Gasteiger partial charge in [0.2, 0.25) is 5.91 Å². The number of hydrogen-bond donors (Lipinski definition) is 2. The van der Waals surface area contributed by atoms with Crippen molar-refractivity contribution in [3.05, 3.63) is 0 Å². The van der Waals surface area contributed by atoms with Gasteiger partial charge in [0.15, 0.2) is 6.49 Å². The van der Waals surface area contributed by atoms with Crippen molar-refractivity contribution in [3.63, 3.8) is 0 Å². The van der Waals surface area contributed by atoms with Crippen LogP contribution in [-0.2, 0) is 16.6 Å². The molecule has 0 heterocycles. The second kappa shape index (κ2) is 4.92. The highest BCUT2D eigenvalue weighted by Crippen LogP contribution is 2.34. The van der Waals surface area contributed by atoms with Gasteiger partial charge in [0.05, 0.1) is 0 Å². The van der Waals surface area contributed by atoms with Crippen LogP contribution in [0.1, 0.15) is 13.8 Å². The topological polar surface area (TPSA) is 60.8 Å². The van der Waals surface area contributed by atoms with Crippen LogP contribution in [0, 0.1) is 0 Å². The first-order chi connectivity index (χ1) is 5.40. The number of carbonyl (C=O) groups excluding carboxylic acids is 1. The summed E-state index contributed by atoms with van der Waals surface area (Å²) in [5, 5.41) is 0. The Morgan fingerprint density at radius 1 is 1.42 bits per heavy atom. The van der Waals surface area contributed by atoms with Gasteiger partial charge >= 0.3 is 0 Å². The van der Waals surface area contributed by atoms with Crippen LogP contribution in [0.25, 0.3) is 0 Å². The van der Waals surface area contributed by atoms with E-state index >= 15 is 0 Å². The largest absolute Gasteiger partial charge is 0.345 e. The molecule has 0 unspecified atom stereocenters. The van der Waals surface area contributed by atoms with E-state index in [1.165, 1.54) is 4.90 Å². The summed E-state index contributed by atoms with van der Waals surface area (Å²) in [7, 11) is 0. The van der Waals surface area contributed by atoms with Crippen molar-refractivity contribution in [1.29, 1.82) is 0 Å². The van der Waals surface area contributed by atoms with Gasteiger partial charge in [-0.2, -0.15) is 0 Å². The Morgan fingerprint density at radius 2 is 1.83 bits per heavy atom. The summed E-state index contributed by atoms with van der Waals surface area (Å²) in [6.07, 6.45) is -0.315. The molecule has 0 aromatic carbocycles. The van der Waals surface area contributed by atoms with Gasteiger partial charge in [0.25, 0.3) is 0 Å². The molecule has 72 valence electrons. The third kappa shape index (κ3) is 4.83. The minimum atomic E-state index is -3.36. The van der Waals surface area contributed by atoms with E-state index in [4.69, 9.17) is 9.79 Å². The van der Waals surface area contributed by atoms with Crippen molar-refractivity contribution in [2.24, 2.45) is 0 Å². The summed E-state index contributed by atoms with van der Waals surface area (Å²) in [5.74, 6) is -0.284. The van der Waals surface area contributed by atoms with Crippen molar-refractivity contribution >= 4 is 24.2 Å². The fraction of sp³-hybridized carbons (Fsp3) is 0.833. The van der Waals surface area contributed by atoms with Crippen molar-refractivity contribution < 1.29 is 14.6 Å². The molecule has 4 nitrogen and oxygen atoms in total. The summed E-state index contributed by atoms with van der Waals surface area (Å²) >= 11 is 4.35. The van der Waals surface area contributed by atoms with Crippen LogP contribution in [0.5, 0.6) is 0 Å². The van der Waals surface area contributed by atoms with Crippen molar-refractivity contribution in [2.45, 2.75) is 13.8 Å². The quantitative estimate of drug-likeness (QED) is 0.650. The number of hydrogen-bond acceptors (Lipinski definition) is 2. The average Bonchev–Trinajstić information content (AvgIpc) is 1.85. The third-order valence-electron chi connectivity index (χ3n) is 1.46. The molecule has 0 aliphatic rings. The molecule has 0 aromatic heterocycles. The van der Waals surface area contributed by atoms with Crippen LogP contribution in [0.4, 0.5) is 0 Å². The molecule has 2 N–H and O–H groups in total. The van der Waals surface area contributed by atoms with Gasteiger partial charge in [-0.1, -0.05) is 0 Å². The Balaban J connectivity index is 4.11. The van der Waals surface area contributed by atoms with Crippen molar-refractivity contribution in [2.75, 3.05) is 19.3 Å². The van der Waals surface area contributed by atoms with Gasteiger partial charge in [-0.15, -0.1) is 0 Å². The summed E-state index contributed by atoms with van der Waals surface area (Å²) in [6, 6.07) is 0. The number of rotatable bonds is 4. The number of nitrogens with zero attached hydrogens (tertiary/aromatic N) is 1. The lowest BCUT2D eigenvalue weighted by molar-refractivity contribution is -0.128.